The number of rotatable bonds is 0. The van der Waals surface area contributed by atoms with Crippen LogP contribution in [0.3, 0.4) is 0 Å². The van der Waals surface area contributed by atoms with Crippen LogP contribution in [0.25, 0.3) is 16.6 Å². The number of allylic oxidation sites excluding steroid dienone is 4. The van der Waals surface area contributed by atoms with Crippen LogP contribution in [0, 0.1) is 5.92 Å². The van der Waals surface area contributed by atoms with Crippen LogP contribution >= 0.6 is 0 Å². The minimum absolute atomic E-state index is 0.668. The van der Waals surface area contributed by atoms with Crippen molar-refractivity contribution in [2.24, 2.45) is 5.92 Å². The number of nitrogens with zero attached hydrogens (tertiary/aromatic N) is 2. The molecule has 2 aromatic heterocycles. The first-order chi connectivity index (χ1) is 10.4. The Kier molecular flexibility index (Phi) is 2.37. The molecule has 3 aliphatic rings. The van der Waals surface area contributed by atoms with Crippen molar-refractivity contribution in [2.75, 3.05) is 0 Å². The van der Waals surface area contributed by atoms with Crippen LogP contribution in [-0.4, -0.2) is 9.97 Å². The molecule has 0 bridgehead atoms. The summed E-state index contributed by atoms with van der Waals surface area (Å²) >= 11 is 0. The highest BCUT2D eigenvalue weighted by Crippen LogP contribution is 2.47. The molecule has 0 fully saturated rings. The maximum atomic E-state index is 4.88. The summed E-state index contributed by atoms with van der Waals surface area (Å²) in [7, 11) is 0. The maximum Gasteiger partial charge on any atom is 0.159 e. The van der Waals surface area contributed by atoms with E-state index in [1.807, 2.05) is 12.3 Å². The summed E-state index contributed by atoms with van der Waals surface area (Å²) < 4.78 is 0. The van der Waals surface area contributed by atoms with E-state index >= 15 is 0 Å². The second-order valence-electron chi connectivity index (χ2n) is 6.59. The van der Waals surface area contributed by atoms with E-state index in [9.17, 15) is 0 Å². The summed E-state index contributed by atoms with van der Waals surface area (Å²) in [6, 6.07) is 6.43. The summed E-state index contributed by atoms with van der Waals surface area (Å²) in [6.07, 6.45) is 12.1. The first-order valence-corrected chi connectivity index (χ1v) is 8.06. The van der Waals surface area contributed by atoms with Crippen molar-refractivity contribution < 1.29 is 0 Å². The molecule has 0 spiro atoms. The van der Waals surface area contributed by atoms with Gasteiger partial charge in [0, 0.05) is 11.6 Å². The summed E-state index contributed by atoms with van der Waals surface area (Å²) in [5, 5.41) is 1.17. The summed E-state index contributed by atoms with van der Waals surface area (Å²) in [6.45, 7) is 0. The van der Waals surface area contributed by atoms with E-state index in [4.69, 9.17) is 4.98 Å². The average molecular weight is 274 g/mol. The molecule has 1 unspecified atom stereocenters. The summed E-state index contributed by atoms with van der Waals surface area (Å²) in [4.78, 5) is 9.30. The van der Waals surface area contributed by atoms with Gasteiger partial charge in [0.15, 0.2) is 5.65 Å². The van der Waals surface area contributed by atoms with Gasteiger partial charge in [0.2, 0.25) is 0 Å². The molecule has 104 valence electrons. The monoisotopic (exact) mass is 274 g/mol. The van der Waals surface area contributed by atoms with Crippen LogP contribution in [0.2, 0.25) is 0 Å². The lowest BCUT2D eigenvalue weighted by Gasteiger charge is -2.27. The van der Waals surface area contributed by atoms with E-state index in [1.165, 1.54) is 54.3 Å². The van der Waals surface area contributed by atoms with Crippen molar-refractivity contribution in [1.82, 2.24) is 9.97 Å². The smallest absolute Gasteiger partial charge is 0.159 e. The van der Waals surface area contributed by atoms with Crippen molar-refractivity contribution in [3.63, 3.8) is 0 Å². The van der Waals surface area contributed by atoms with Gasteiger partial charge in [0.25, 0.3) is 0 Å². The molecule has 3 aliphatic carbocycles. The normalized spacial score (nSPS) is 23.6. The van der Waals surface area contributed by atoms with Crippen LogP contribution < -0.4 is 0 Å². The van der Waals surface area contributed by atoms with Crippen LogP contribution in [0.1, 0.15) is 43.4 Å². The van der Waals surface area contributed by atoms with Gasteiger partial charge in [0.05, 0.1) is 5.69 Å². The van der Waals surface area contributed by atoms with Gasteiger partial charge in [-0.15, -0.1) is 0 Å². The van der Waals surface area contributed by atoms with E-state index in [1.54, 1.807) is 11.1 Å². The van der Waals surface area contributed by atoms with Crippen LogP contribution in [0.4, 0.5) is 0 Å². The Morgan fingerprint density at radius 3 is 3.05 bits per heavy atom. The molecule has 0 aromatic carbocycles. The molecular formula is C19H18N2. The zero-order valence-corrected chi connectivity index (χ0v) is 12.1. The lowest BCUT2D eigenvalue weighted by molar-refractivity contribution is 0.591. The number of hydrogen-bond acceptors (Lipinski definition) is 2. The van der Waals surface area contributed by atoms with Gasteiger partial charge >= 0.3 is 0 Å². The Hall–Kier alpha value is -1.96. The molecule has 2 nitrogen and oxygen atoms in total. The third kappa shape index (κ3) is 1.71. The fourth-order valence-corrected chi connectivity index (χ4v) is 4.28. The Morgan fingerprint density at radius 1 is 1.10 bits per heavy atom. The predicted octanol–water partition coefficient (Wildman–Crippen LogP) is 4.46. The highest BCUT2D eigenvalue weighted by molar-refractivity contribution is 5.83. The number of hydrogen-bond donors (Lipinski definition) is 0. The predicted molar refractivity (Wildman–Crippen MR) is 84.8 cm³/mol. The van der Waals surface area contributed by atoms with Crippen molar-refractivity contribution in [2.45, 2.75) is 38.5 Å². The Bertz CT molecular complexity index is 813. The molecule has 0 radical (unpaired) electrons. The Balaban J connectivity index is 1.68. The molecule has 0 amide bonds. The van der Waals surface area contributed by atoms with Crippen molar-refractivity contribution in [3.05, 3.63) is 52.9 Å². The van der Waals surface area contributed by atoms with E-state index in [-0.39, 0.29) is 0 Å². The Labute approximate surface area is 124 Å². The van der Waals surface area contributed by atoms with Crippen molar-refractivity contribution >= 4 is 16.6 Å². The van der Waals surface area contributed by atoms with Gasteiger partial charge < -0.3 is 0 Å². The van der Waals surface area contributed by atoms with Gasteiger partial charge in [-0.3, -0.25) is 0 Å². The number of aromatic nitrogens is 2. The van der Waals surface area contributed by atoms with Gasteiger partial charge in [-0.25, -0.2) is 9.97 Å². The van der Waals surface area contributed by atoms with Crippen LogP contribution in [0.5, 0.6) is 0 Å². The maximum absolute atomic E-state index is 4.88. The summed E-state index contributed by atoms with van der Waals surface area (Å²) in [5.41, 5.74) is 8.36. The SMILES string of the molecule is C1=C2c3nc4ncccc4cc3CC2CC2=C1CCCC2. The molecular weight excluding hydrogens is 256 g/mol. The summed E-state index contributed by atoms with van der Waals surface area (Å²) in [5.74, 6) is 0.668. The first kappa shape index (κ1) is 11.7. The third-order valence-electron chi connectivity index (χ3n) is 5.30. The molecule has 0 saturated carbocycles. The van der Waals surface area contributed by atoms with E-state index in [2.05, 4.69) is 23.2 Å². The molecule has 1 atom stereocenters. The zero-order chi connectivity index (χ0) is 13.8. The molecule has 2 heteroatoms. The van der Waals surface area contributed by atoms with Crippen molar-refractivity contribution in [3.8, 4) is 0 Å². The molecule has 21 heavy (non-hydrogen) atoms. The minimum Gasteiger partial charge on any atom is -0.237 e. The molecule has 2 heterocycles. The largest absolute Gasteiger partial charge is 0.237 e. The molecule has 0 saturated heterocycles. The first-order valence-electron chi connectivity index (χ1n) is 8.06. The van der Waals surface area contributed by atoms with Crippen molar-refractivity contribution in [1.29, 1.82) is 0 Å². The molecule has 2 aromatic rings. The van der Waals surface area contributed by atoms with E-state index in [0.29, 0.717) is 5.92 Å². The van der Waals surface area contributed by atoms with E-state index in [0.717, 1.165) is 12.1 Å². The lowest BCUT2D eigenvalue weighted by atomic mass is 9.78. The molecule has 0 N–H and O–H groups in total. The highest BCUT2D eigenvalue weighted by atomic mass is 14.9. The third-order valence-corrected chi connectivity index (χ3v) is 5.30. The van der Waals surface area contributed by atoms with Crippen LogP contribution in [0.15, 0.2) is 41.6 Å². The van der Waals surface area contributed by atoms with Gasteiger partial charge in [-0.1, -0.05) is 11.6 Å². The molecule has 5 rings (SSSR count). The number of pyridine rings is 2. The van der Waals surface area contributed by atoms with Gasteiger partial charge in [0.1, 0.15) is 0 Å². The topological polar surface area (TPSA) is 25.8 Å². The average Bonchev–Trinajstić information content (AvgIpc) is 2.87. The number of fused-ring (bicyclic) bond motifs is 4. The van der Waals surface area contributed by atoms with Crippen LogP contribution in [-0.2, 0) is 6.42 Å². The Morgan fingerprint density at radius 2 is 2.05 bits per heavy atom. The second-order valence-corrected chi connectivity index (χ2v) is 6.59. The van der Waals surface area contributed by atoms with Gasteiger partial charge in [-0.05, 0) is 79.4 Å². The second kappa shape index (κ2) is 4.27. The quantitative estimate of drug-likeness (QED) is 0.709. The fraction of sp³-hybridized carbons (Fsp3) is 0.368. The van der Waals surface area contributed by atoms with Gasteiger partial charge in [-0.2, -0.15) is 0 Å². The minimum atomic E-state index is 0.668. The molecule has 0 aliphatic heterocycles. The van der Waals surface area contributed by atoms with E-state index < -0.39 is 0 Å². The standard InChI is InChI=1S/C19H18N2/c1-2-5-13-11-17-15(8-12(13)4-1)10-16-9-14-6-3-7-20-19(14)21-18(16)17/h3,6-7,9,11,15H,1-2,4-5,8,10H2. The highest BCUT2D eigenvalue weighted by Gasteiger charge is 2.33. The fourth-order valence-electron chi connectivity index (χ4n) is 4.28. The lowest BCUT2D eigenvalue weighted by Crippen LogP contribution is -2.11. The zero-order valence-electron chi connectivity index (χ0n) is 12.1.